The normalized spacial score (nSPS) is 15.9. The lowest BCUT2D eigenvalue weighted by Crippen LogP contribution is -2.33. The van der Waals surface area contributed by atoms with Crippen LogP contribution in [0.1, 0.15) is 12.0 Å². The summed E-state index contributed by atoms with van der Waals surface area (Å²) in [5.74, 6) is 0.807. The molecule has 0 aromatic heterocycles. The number of rotatable bonds is 3. The van der Waals surface area contributed by atoms with Crippen molar-refractivity contribution in [2.75, 3.05) is 13.7 Å². The van der Waals surface area contributed by atoms with Crippen molar-refractivity contribution >= 4 is 5.91 Å². The van der Waals surface area contributed by atoms with E-state index in [4.69, 9.17) is 4.74 Å². The molecule has 0 N–H and O–H groups in total. The molecular formula is C13H15NO2. The van der Waals surface area contributed by atoms with Crippen LogP contribution in [0, 0.1) is 0 Å². The topological polar surface area (TPSA) is 29.5 Å². The van der Waals surface area contributed by atoms with Crippen molar-refractivity contribution in [2.24, 2.45) is 0 Å². The first-order valence-electron chi connectivity index (χ1n) is 5.37. The zero-order chi connectivity index (χ0) is 11.4. The number of benzene rings is 1. The summed E-state index contributed by atoms with van der Waals surface area (Å²) in [7, 11) is 1.60. The Morgan fingerprint density at radius 3 is 2.69 bits per heavy atom. The Hall–Kier alpha value is -1.77. The van der Waals surface area contributed by atoms with Gasteiger partial charge in [0, 0.05) is 25.6 Å². The van der Waals surface area contributed by atoms with Gasteiger partial charge >= 0.3 is 0 Å². The van der Waals surface area contributed by atoms with E-state index in [1.165, 1.54) is 0 Å². The second kappa shape index (κ2) is 4.84. The highest BCUT2D eigenvalue weighted by Gasteiger charge is 2.18. The van der Waals surface area contributed by atoms with Crippen molar-refractivity contribution in [1.29, 1.82) is 0 Å². The predicted octanol–water partition coefficient (Wildman–Crippen LogP) is 1.95. The fourth-order valence-corrected chi connectivity index (χ4v) is 1.78. The number of amides is 1. The third-order valence-electron chi connectivity index (χ3n) is 2.70. The summed E-state index contributed by atoms with van der Waals surface area (Å²) in [4.78, 5) is 13.6. The summed E-state index contributed by atoms with van der Waals surface area (Å²) in [6.07, 6.45) is 2.38. The van der Waals surface area contributed by atoms with Crippen molar-refractivity contribution < 1.29 is 9.53 Å². The smallest absolute Gasteiger partial charge is 0.250 e. The average Bonchev–Trinajstić information content (AvgIpc) is 2.33. The molecule has 1 heterocycles. The van der Waals surface area contributed by atoms with Crippen molar-refractivity contribution in [3.63, 3.8) is 0 Å². The van der Waals surface area contributed by atoms with Crippen molar-refractivity contribution in [1.82, 2.24) is 4.90 Å². The first-order valence-corrected chi connectivity index (χ1v) is 5.37. The Bertz CT molecular complexity index is 398. The van der Waals surface area contributed by atoms with Gasteiger partial charge in [0.25, 0.3) is 0 Å². The van der Waals surface area contributed by atoms with Gasteiger partial charge in [-0.3, -0.25) is 4.79 Å². The maximum Gasteiger partial charge on any atom is 0.250 e. The molecule has 0 aliphatic carbocycles. The summed E-state index contributed by atoms with van der Waals surface area (Å²) in [6.45, 7) is 1.40. The molecule has 0 radical (unpaired) electrons. The quantitative estimate of drug-likeness (QED) is 0.774. The Balaban J connectivity index is 2.03. The van der Waals surface area contributed by atoms with Crippen LogP contribution in [0.25, 0.3) is 0 Å². The Kier molecular flexibility index (Phi) is 3.25. The summed E-state index contributed by atoms with van der Waals surface area (Å²) in [6, 6.07) is 10.0. The number of hydrogen-bond donors (Lipinski definition) is 0. The van der Waals surface area contributed by atoms with Gasteiger partial charge in [-0.1, -0.05) is 30.3 Å². The third-order valence-corrected chi connectivity index (χ3v) is 2.70. The fourth-order valence-electron chi connectivity index (χ4n) is 1.78. The van der Waals surface area contributed by atoms with Gasteiger partial charge in [0.05, 0.1) is 7.11 Å². The summed E-state index contributed by atoms with van der Waals surface area (Å²) in [5, 5.41) is 0. The lowest BCUT2D eigenvalue weighted by molar-refractivity contribution is -0.127. The molecule has 0 spiro atoms. The highest BCUT2D eigenvalue weighted by atomic mass is 16.5. The lowest BCUT2D eigenvalue weighted by atomic mass is 10.1. The molecule has 1 aliphatic heterocycles. The van der Waals surface area contributed by atoms with Gasteiger partial charge in [-0.25, -0.2) is 0 Å². The van der Waals surface area contributed by atoms with Crippen LogP contribution in [-0.4, -0.2) is 24.5 Å². The van der Waals surface area contributed by atoms with Crippen molar-refractivity contribution in [3.05, 3.63) is 47.7 Å². The van der Waals surface area contributed by atoms with Crippen LogP contribution in [0.3, 0.4) is 0 Å². The van der Waals surface area contributed by atoms with Gasteiger partial charge in [0.2, 0.25) is 5.91 Å². The molecule has 0 unspecified atom stereocenters. The first-order chi connectivity index (χ1) is 7.79. The van der Waals surface area contributed by atoms with Crippen LogP contribution < -0.4 is 0 Å². The minimum atomic E-state index is 0.0342. The summed E-state index contributed by atoms with van der Waals surface area (Å²) < 4.78 is 5.07. The molecule has 3 nitrogen and oxygen atoms in total. The van der Waals surface area contributed by atoms with E-state index in [0.717, 1.165) is 24.3 Å². The first kappa shape index (κ1) is 10.7. The molecular weight excluding hydrogens is 202 g/mol. The average molecular weight is 217 g/mol. The Labute approximate surface area is 95.3 Å². The van der Waals surface area contributed by atoms with E-state index in [9.17, 15) is 4.79 Å². The number of carbonyl (C=O) groups is 1. The number of ether oxygens (including phenoxy) is 1. The van der Waals surface area contributed by atoms with E-state index >= 15 is 0 Å². The minimum absolute atomic E-state index is 0.0342. The van der Waals surface area contributed by atoms with Gasteiger partial charge < -0.3 is 9.64 Å². The minimum Gasteiger partial charge on any atom is -0.501 e. The predicted molar refractivity (Wildman–Crippen MR) is 61.6 cm³/mol. The van der Waals surface area contributed by atoms with Crippen LogP contribution >= 0.6 is 0 Å². The number of methoxy groups -OCH3 is 1. The van der Waals surface area contributed by atoms with Crippen LogP contribution in [0.15, 0.2) is 42.2 Å². The van der Waals surface area contributed by atoms with E-state index in [1.54, 1.807) is 13.2 Å². The second-order valence-electron chi connectivity index (χ2n) is 3.81. The standard InChI is InChI=1S/C13H15NO2/c1-16-12-7-8-14(13(15)9-12)10-11-5-3-2-4-6-11/h2-6,9H,7-8,10H2,1H3. The largest absolute Gasteiger partial charge is 0.501 e. The molecule has 3 heteroatoms. The number of nitrogens with zero attached hydrogens (tertiary/aromatic N) is 1. The molecule has 2 rings (SSSR count). The van der Waals surface area contributed by atoms with E-state index in [1.807, 2.05) is 35.2 Å². The number of carbonyl (C=O) groups excluding carboxylic acids is 1. The molecule has 16 heavy (non-hydrogen) atoms. The van der Waals surface area contributed by atoms with E-state index < -0.39 is 0 Å². The van der Waals surface area contributed by atoms with Gasteiger partial charge in [-0.15, -0.1) is 0 Å². The van der Waals surface area contributed by atoms with E-state index in [-0.39, 0.29) is 5.91 Å². The van der Waals surface area contributed by atoms with Gasteiger partial charge in [0.1, 0.15) is 5.76 Å². The highest BCUT2D eigenvalue weighted by molar-refractivity contribution is 5.88. The SMILES string of the molecule is COC1=CC(=O)N(Cc2ccccc2)CC1. The molecule has 0 saturated heterocycles. The van der Waals surface area contributed by atoms with E-state index in [2.05, 4.69) is 0 Å². The van der Waals surface area contributed by atoms with Gasteiger partial charge in [-0.2, -0.15) is 0 Å². The second-order valence-corrected chi connectivity index (χ2v) is 3.81. The summed E-state index contributed by atoms with van der Waals surface area (Å²) >= 11 is 0. The maximum atomic E-state index is 11.7. The molecule has 1 aromatic rings. The maximum absolute atomic E-state index is 11.7. The summed E-state index contributed by atoms with van der Waals surface area (Å²) in [5.41, 5.74) is 1.16. The van der Waals surface area contributed by atoms with E-state index in [0.29, 0.717) is 6.54 Å². The van der Waals surface area contributed by atoms with Gasteiger partial charge in [-0.05, 0) is 5.56 Å². The molecule has 1 amide bonds. The molecule has 0 atom stereocenters. The molecule has 84 valence electrons. The molecule has 0 bridgehead atoms. The fraction of sp³-hybridized carbons (Fsp3) is 0.308. The third kappa shape index (κ3) is 2.42. The zero-order valence-electron chi connectivity index (χ0n) is 9.35. The Morgan fingerprint density at radius 1 is 1.31 bits per heavy atom. The molecule has 1 aliphatic rings. The highest BCUT2D eigenvalue weighted by Crippen LogP contribution is 2.14. The molecule has 0 fully saturated rings. The zero-order valence-corrected chi connectivity index (χ0v) is 9.35. The van der Waals surface area contributed by atoms with Crippen LogP contribution in [0.5, 0.6) is 0 Å². The molecule has 1 aromatic carbocycles. The van der Waals surface area contributed by atoms with Crippen LogP contribution in [-0.2, 0) is 16.1 Å². The van der Waals surface area contributed by atoms with Crippen molar-refractivity contribution in [3.8, 4) is 0 Å². The van der Waals surface area contributed by atoms with Gasteiger partial charge in [0.15, 0.2) is 0 Å². The van der Waals surface area contributed by atoms with Crippen molar-refractivity contribution in [2.45, 2.75) is 13.0 Å². The lowest BCUT2D eigenvalue weighted by Gasteiger charge is -2.25. The number of hydrogen-bond acceptors (Lipinski definition) is 2. The molecule has 0 saturated carbocycles. The van der Waals surface area contributed by atoms with Crippen LogP contribution in [0.4, 0.5) is 0 Å². The monoisotopic (exact) mass is 217 g/mol. The Morgan fingerprint density at radius 2 is 2.06 bits per heavy atom. The van der Waals surface area contributed by atoms with Crippen LogP contribution in [0.2, 0.25) is 0 Å².